The highest BCUT2D eigenvalue weighted by atomic mass is 16.5. The summed E-state index contributed by atoms with van der Waals surface area (Å²) in [6, 6.07) is 5.77. The van der Waals surface area contributed by atoms with Crippen LogP contribution in [0.25, 0.3) is 0 Å². The summed E-state index contributed by atoms with van der Waals surface area (Å²) in [5.74, 6) is 1.06. The van der Waals surface area contributed by atoms with Crippen LogP contribution >= 0.6 is 0 Å². The maximum Gasteiger partial charge on any atom is 0.254 e. The Morgan fingerprint density at radius 2 is 2.13 bits per heavy atom. The first kappa shape index (κ1) is 20.2. The molecule has 1 aromatic carbocycles. The van der Waals surface area contributed by atoms with Crippen LogP contribution in [0.5, 0.6) is 5.75 Å². The van der Waals surface area contributed by atoms with Gasteiger partial charge in [0.05, 0.1) is 31.1 Å². The van der Waals surface area contributed by atoms with Gasteiger partial charge in [0.1, 0.15) is 11.6 Å². The number of hydrogen-bond donors (Lipinski definition) is 4. The Bertz CT molecular complexity index is 887. The molecule has 0 spiro atoms. The molecule has 160 valence electrons. The first-order valence-electron chi connectivity index (χ1n) is 10.2. The number of ether oxygens (including phenoxy) is 2. The van der Waals surface area contributed by atoms with E-state index in [0.29, 0.717) is 24.9 Å². The highest BCUT2D eigenvalue weighted by molar-refractivity contribution is 5.97. The Hall–Kier alpha value is -3.11. The molecule has 30 heavy (non-hydrogen) atoms. The van der Waals surface area contributed by atoms with Gasteiger partial charge in [0, 0.05) is 44.6 Å². The van der Waals surface area contributed by atoms with Gasteiger partial charge in [-0.25, -0.2) is 4.98 Å². The molecule has 2 aromatic rings. The number of nitrogens with zero attached hydrogens (tertiary/aromatic N) is 3. The molecule has 2 aliphatic heterocycles. The van der Waals surface area contributed by atoms with Gasteiger partial charge in [0.25, 0.3) is 5.91 Å². The summed E-state index contributed by atoms with van der Waals surface area (Å²) in [6.45, 7) is 6.31. The van der Waals surface area contributed by atoms with Gasteiger partial charge in [-0.3, -0.25) is 9.69 Å². The van der Waals surface area contributed by atoms with Crippen LogP contribution in [-0.2, 0) is 4.74 Å². The second kappa shape index (κ2) is 9.59. The van der Waals surface area contributed by atoms with Crippen LogP contribution in [0.1, 0.15) is 16.8 Å². The number of carbonyl (C=O) groups excluding carboxylic acids is 1. The maximum absolute atomic E-state index is 11.8. The van der Waals surface area contributed by atoms with E-state index in [9.17, 15) is 4.79 Å². The highest BCUT2D eigenvalue weighted by Gasteiger charge is 2.15. The number of anilines is 4. The smallest absolute Gasteiger partial charge is 0.254 e. The molecular formula is C20H27N7O3. The van der Waals surface area contributed by atoms with Crippen molar-refractivity contribution >= 4 is 29.0 Å². The normalized spacial score (nSPS) is 16.5. The number of morpholine rings is 1. The fourth-order valence-electron chi connectivity index (χ4n) is 3.39. The van der Waals surface area contributed by atoms with E-state index in [-0.39, 0.29) is 5.56 Å². The number of nitrogens with one attached hydrogen (secondary N) is 3. The predicted octanol–water partition coefficient (Wildman–Crippen LogP) is 1.26. The van der Waals surface area contributed by atoms with Crippen molar-refractivity contribution in [3.63, 3.8) is 0 Å². The number of fused-ring (bicyclic) bond motifs is 1. The van der Waals surface area contributed by atoms with Crippen LogP contribution < -0.4 is 26.4 Å². The zero-order chi connectivity index (χ0) is 20.8. The van der Waals surface area contributed by atoms with Crippen molar-refractivity contribution < 1.29 is 14.3 Å². The molecule has 0 aliphatic carbocycles. The van der Waals surface area contributed by atoms with Crippen molar-refractivity contribution in [2.24, 2.45) is 5.73 Å². The van der Waals surface area contributed by atoms with E-state index in [1.54, 1.807) is 0 Å². The summed E-state index contributed by atoms with van der Waals surface area (Å²) >= 11 is 0. The average molecular weight is 413 g/mol. The van der Waals surface area contributed by atoms with Gasteiger partial charge in [-0.2, -0.15) is 4.98 Å². The van der Waals surface area contributed by atoms with E-state index in [4.69, 9.17) is 15.2 Å². The number of aromatic nitrogens is 2. The Kier molecular flexibility index (Phi) is 6.45. The number of nitrogens with two attached hydrogens (primary N) is 1. The largest absolute Gasteiger partial charge is 0.491 e. The summed E-state index contributed by atoms with van der Waals surface area (Å²) < 4.78 is 11.1. The van der Waals surface area contributed by atoms with Crippen molar-refractivity contribution in [3.05, 3.63) is 30.0 Å². The van der Waals surface area contributed by atoms with Gasteiger partial charge < -0.3 is 31.2 Å². The zero-order valence-electron chi connectivity index (χ0n) is 16.8. The van der Waals surface area contributed by atoms with Crippen LogP contribution in [0.4, 0.5) is 23.1 Å². The lowest BCUT2D eigenvalue weighted by molar-refractivity contribution is 0.0398. The van der Waals surface area contributed by atoms with Crippen LogP contribution in [0.2, 0.25) is 0 Å². The van der Waals surface area contributed by atoms with Crippen molar-refractivity contribution in [2.75, 3.05) is 68.5 Å². The summed E-state index contributed by atoms with van der Waals surface area (Å²) in [7, 11) is 0. The SMILES string of the molecule is NC(=O)c1cnc(Nc2ccc3c(c2)NCCCO3)nc1NCCN1CCOCC1. The molecule has 0 radical (unpaired) electrons. The highest BCUT2D eigenvalue weighted by Crippen LogP contribution is 2.30. The lowest BCUT2D eigenvalue weighted by Gasteiger charge is -2.26. The molecule has 0 atom stereocenters. The Morgan fingerprint density at radius 1 is 1.27 bits per heavy atom. The second-order valence-electron chi connectivity index (χ2n) is 7.17. The van der Waals surface area contributed by atoms with E-state index in [2.05, 4.69) is 30.8 Å². The Morgan fingerprint density at radius 3 is 2.97 bits per heavy atom. The molecular weight excluding hydrogens is 386 g/mol. The van der Waals surface area contributed by atoms with Crippen LogP contribution in [-0.4, -0.2) is 73.3 Å². The van der Waals surface area contributed by atoms with Gasteiger partial charge in [-0.1, -0.05) is 0 Å². The van der Waals surface area contributed by atoms with E-state index in [0.717, 1.165) is 62.9 Å². The molecule has 1 amide bonds. The van der Waals surface area contributed by atoms with Crippen molar-refractivity contribution in [1.29, 1.82) is 0 Å². The number of benzene rings is 1. The summed E-state index contributed by atoms with van der Waals surface area (Å²) in [5, 5.41) is 9.76. The van der Waals surface area contributed by atoms with E-state index in [1.807, 2.05) is 18.2 Å². The minimum absolute atomic E-state index is 0.263. The van der Waals surface area contributed by atoms with Crippen LogP contribution in [0.15, 0.2) is 24.4 Å². The fourth-order valence-corrected chi connectivity index (χ4v) is 3.39. The number of hydrogen-bond acceptors (Lipinski definition) is 9. The van der Waals surface area contributed by atoms with Crippen LogP contribution in [0, 0.1) is 0 Å². The van der Waals surface area contributed by atoms with Crippen molar-refractivity contribution in [3.8, 4) is 5.75 Å². The quantitative estimate of drug-likeness (QED) is 0.530. The van der Waals surface area contributed by atoms with E-state index in [1.165, 1.54) is 6.20 Å². The molecule has 0 unspecified atom stereocenters. The minimum atomic E-state index is -0.568. The molecule has 10 heteroatoms. The lowest BCUT2D eigenvalue weighted by Crippen LogP contribution is -2.39. The second-order valence-corrected chi connectivity index (χ2v) is 7.17. The van der Waals surface area contributed by atoms with Crippen molar-refractivity contribution in [2.45, 2.75) is 6.42 Å². The van der Waals surface area contributed by atoms with Gasteiger partial charge in [-0.05, 0) is 24.6 Å². The summed E-state index contributed by atoms with van der Waals surface area (Å²) in [5.41, 5.74) is 7.50. The van der Waals surface area contributed by atoms with E-state index >= 15 is 0 Å². The Balaban J connectivity index is 1.45. The molecule has 0 saturated carbocycles. The minimum Gasteiger partial charge on any atom is -0.491 e. The predicted molar refractivity (Wildman–Crippen MR) is 115 cm³/mol. The van der Waals surface area contributed by atoms with Gasteiger partial charge in [-0.15, -0.1) is 0 Å². The summed E-state index contributed by atoms with van der Waals surface area (Å²) in [4.78, 5) is 22.8. The number of rotatable bonds is 7. The third-order valence-electron chi connectivity index (χ3n) is 5.01. The third-order valence-corrected chi connectivity index (χ3v) is 5.01. The molecule has 2 aliphatic rings. The molecule has 1 fully saturated rings. The lowest BCUT2D eigenvalue weighted by atomic mass is 10.2. The van der Waals surface area contributed by atoms with Gasteiger partial charge >= 0.3 is 0 Å². The Labute approximate surface area is 175 Å². The molecule has 1 aromatic heterocycles. The average Bonchev–Trinajstić information content (AvgIpc) is 2.99. The summed E-state index contributed by atoms with van der Waals surface area (Å²) in [6.07, 6.45) is 2.40. The third kappa shape index (κ3) is 5.08. The zero-order valence-corrected chi connectivity index (χ0v) is 16.8. The molecule has 5 N–H and O–H groups in total. The molecule has 10 nitrogen and oxygen atoms in total. The topological polar surface area (TPSA) is 127 Å². The first-order chi connectivity index (χ1) is 14.7. The maximum atomic E-state index is 11.8. The number of amides is 1. The number of carbonyl (C=O) groups is 1. The fraction of sp³-hybridized carbons (Fsp3) is 0.450. The first-order valence-corrected chi connectivity index (χ1v) is 10.2. The standard InChI is InChI=1S/C20H27N7O3/c21-18(28)15-13-24-20(26-19(15)23-5-6-27-7-10-29-11-8-27)25-14-2-3-17-16(12-14)22-4-1-9-30-17/h2-3,12-13,22H,1,4-11H2,(H2,21,28)(H2,23,24,25,26). The monoisotopic (exact) mass is 413 g/mol. The van der Waals surface area contributed by atoms with Gasteiger partial charge in [0.2, 0.25) is 5.95 Å². The molecule has 0 bridgehead atoms. The van der Waals surface area contributed by atoms with E-state index < -0.39 is 5.91 Å². The van der Waals surface area contributed by atoms with Gasteiger partial charge in [0.15, 0.2) is 0 Å². The molecule has 4 rings (SSSR count). The van der Waals surface area contributed by atoms with Crippen LogP contribution in [0.3, 0.4) is 0 Å². The van der Waals surface area contributed by atoms with Crippen molar-refractivity contribution in [1.82, 2.24) is 14.9 Å². The molecule has 1 saturated heterocycles. The molecule has 3 heterocycles. The number of primary amides is 1.